The number of thiazole rings is 1. The predicted octanol–water partition coefficient (Wildman–Crippen LogP) is 5.79. The van der Waals surface area contributed by atoms with Gasteiger partial charge >= 0.3 is 0 Å². The highest BCUT2D eigenvalue weighted by molar-refractivity contribution is 7.16. The Balaban J connectivity index is 1.92. The van der Waals surface area contributed by atoms with Crippen LogP contribution in [0.1, 0.15) is 21.6 Å². The maximum atomic E-state index is 4.78. The second-order valence-electron chi connectivity index (χ2n) is 5.73. The van der Waals surface area contributed by atoms with Gasteiger partial charge in [0.15, 0.2) is 5.13 Å². The maximum absolute atomic E-state index is 4.78. The van der Waals surface area contributed by atoms with Crippen LogP contribution in [0.4, 0.5) is 10.8 Å². The fraction of sp³-hybridized carbons (Fsp3) is 0.211. The van der Waals surface area contributed by atoms with Crippen LogP contribution in [0.5, 0.6) is 0 Å². The summed E-state index contributed by atoms with van der Waals surface area (Å²) < 4.78 is 0. The molecule has 1 heterocycles. The van der Waals surface area contributed by atoms with E-state index in [2.05, 4.69) is 75.5 Å². The molecule has 0 saturated heterocycles. The van der Waals surface area contributed by atoms with E-state index in [9.17, 15) is 0 Å². The Hall–Kier alpha value is -2.13. The van der Waals surface area contributed by atoms with Gasteiger partial charge in [-0.05, 0) is 44.9 Å². The molecule has 0 amide bonds. The molecule has 1 aromatic heterocycles. The molecule has 0 aliphatic heterocycles. The molecule has 112 valence electrons. The lowest BCUT2D eigenvalue weighted by Gasteiger charge is -2.07. The minimum atomic E-state index is 0.946. The highest BCUT2D eigenvalue weighted by Gasteiger charge is 2.10. The van der Waals surface area contributed by atoms with Crippen molar-refractivity contribution in [3.63, 3.8) is 0 Å². The topological polar surface area (TPSA) is 24.9 Å². The predicted molar refractivity (Wildman–Crippen MR) is 96.2 cm³/mol. The molecule has 22 heavy (non-hydrogen) atoms. The van der Waals surface area contributed by atoms with Crippen molar-refractivity contribution in [2.75, 3.05) is 5.32 Å². The lowest BCUT2D eigenvalue weighted by Crippen LogP contribution is -1.93. The largest absolute Gasteiger partial charge is 0.331 e. The zero-order chi connectivity index (χ0) is 15.7. The first-order valence-corrected chi connectivity index (χ1v) is 8.23. The van der Waals surface area contributed by atoms with Crippen LogP contribution in [-0.2, 0) is 0 Å². The summed E-state index contributed by atoms with van der Waals surface area (Å²) >= 11 is 1.70. The van der Waals surface area contributed by atoms with E-state index in [0.717, 1.165) is 16.5 Å². The molecule has 0 aliphatic carbocycles. The molecule has 3 rings (SSSR count). The molecule has 0 unspecified atom stereocenters. The number of benzene rings is 2. The number of nitrogens with one attached hydrogen (secondary N) is 1. The van der Waals surface area contributed by atoms with Crippen molar-refractivity contribution >= 4 is 22.2 Å². The average Bonchev–Trinajstić information content (AvgIpc) is 2.84. The van der Waals surface area contributed by atoms with Gasteiger partial charge < -0.3 is 5.32 Å². The summed E-state index contributed by atoms with van der Waals surface area (Å²) in [5.74, 6) is 0. The summed E-state index contributed by atoms with van der Waals surface area (Å²) in [4.78, 5) is 6.02. The molecule has 0 aliphatic rings. The van der Waals surface area contributed by atoms with E-state index in [-0.39, 0.29) is 0 Å². The number of aryl methyl sites for hydroxylation is 4. The van der Waals surface area contributed by atoms with E-state index in [1.165, 1.54) is 27.1 Å². The Morgan fingerprint density at radius 1 is 0.864 bits per heavy atom. The van der Waals surface area contributed by atoms with E-state index in [1.54, 1.807) is 11.3 Å². The molecule has 3 heteroatoms. The molecule has 1 N–H and O–H groups in total. The first-order chi connectivity index (χ1) is 10.5. The Bertz CT molecular complexity index is 801. The quantitative estimate of drug-likeness (QED) is 0.662. The highest BCUT2D eigenvalue weighted by atomic mass is 32.1. The zero-order valence-electron chi connectivity index (χ0n) is 13.4. The number of anilines is 2. The van der Waals surface area contributed by atoms with Crippen molar-refractivity contribution in [1.82, 2.24) is 4.98 Å². The Kier molecular flexibility index (Phi) is 3.99. The van der Waals surface area contributed by atoms with Crippen molar-refractivity contribution < 1.29 is 0 Å². The van der Waals surface area contributed by atoms with Crippen LogP contribution in [-0.4, -0.2) is 4.98 Å². The first-order valence-electron chi connectivity index (χ1n) is 7.41. The van der Waals surface area contributed by atoms with Gasteiger partial charge in [0, 0.05) is 16.1 Å². The Morgan fingerprint density at radius 2 is 1.55 bits per heavy atom. The summed E-state index contributed by atoms with van der Waals surface area (Å²) in [5, 5.41) is 4.41. The number of hydrogen-bond acceptors (Lipinski definition) is 3. The lowest BCUT2D eigenvalue weighted by atomic mass is 10.1. The molecular weight excluding hydrogens is 288 g/mol. The van der Waals surface area contributed by atoms with Crippen LogP contribution >= 0.6 is 11.3 Å². The van der Waals surface area contributed by atoms with Crippen molar-refractivity contribution in [3.8, 4) is 11.3 Å². The summed E-state index contributed by atoms with van der Waals surface area (Å²) in [6, 6.07) is 15.0. The van der Waals surface area contributed by atoms with Crippen LogP contribution < -0.4 is 5.32 Å². The monoisotopic (exact) mass is 308 g/mol. The molecule has 3 aromatic rings. The van der Waals surface area contributed by atoms with Gasteiger partial charge in [-0.3, -0.25) is 0 Å². The summed E-state index contributed by atoms with van der Waals surface area (Å²) in [7, 11) is 0. The maximum Gasteiger partial charge on any atom is 0.187 e. The van der Waals surface area contributed by atoms with E-state index in [4.69, 9.17) is 4.98 Å². The number of rotatable bonds is 3. The lowest BCUT2D eigenvalue weighted by molar-refractivity contribution is 1.33. The van der Waals surface area contributed by atoms with Crippen LogP contribution in [0, 0.1) is 27.7 Å². The van der Waals surface area contributed by atoms with Gasteiger partial charge in [-0.1, -0.05) is 42.0 Å². The van der Waals surface area contributed by atoms with Gasteiger partial charge in [0.2, 0.25) is 0 Å². The van der Waals surface area contributed by atoms with Crippen LogP contribution in [0.25, 0.3) is 11.3 Å². The van der Waals surface area contributed by atoms with Gasteiger partial charge in [0.05, 0.1) is 5.69 Å². The summed E-state index contributed by atoms with van der Waals surface area (Å²) in [6.07, 6.45) is 0. The van der Waals surface area contributed by atoms with Crippen molar-refractivity contribution in [3.05, 3.63) is 64.0 Å². The molecule has 0 fully saturated rings. The molecule has 0 saturated carbocycles. The minimum absolute atomic E-state index is 0.946. The van der Waals surface area contributed by atoms with Gasteiger partial charge in [0.25, 0.3) is 0 Å². The molecular formula is C19H20N2S. The van der Waals surface area contributed by atoms with Gasteiger partial charge in [-0.15, -0.1) is 11.3 Å². The van der Waals surface area contributed by atoms with Gasteiger partial charge in [0.1, 0.15) is 0 Å². The third-order valence-electron chi connectivity index (χ3n) is 3.76. The molecule has 2 aromatic carbocycles. The van der Waals surface area contributed by atoms with Gasteiger partial charge in [-0.25, -0.2) is 4.98 Å². The second kappa shape index (κ2) is 5.93. The van der Waals surface area contributed by atoms with Crippen molar-refractivity contribution in [2.45, 2.75) is 27.7 Å². The molecule has 0 radical (unpaired) electrons. The minimum Gasteiger partial charge on any atom is -0.331 e. The smallest absolute Gasteiger partial charge is 0.187 e. The number of nitrogens with zero attached hydrogens (tertiary/aromatic N) is 1. The van der Waals surface area contributed by atoms with E-state index < -0.39 is 0 Å². The Labute approximate surface area is 135 Å². The van der Waals surface area contributed by atoms with Gasteiger partial charge in [-0.2, -0.15) is 0 Å². The second-order valence-corrected chi connectivity index (χ2v) is 6.94. The highest BCUT2D eigenvalue weighted by Crippen LogP contribution is 2.32. The number of aromatic nitrogens is 1. The molecule has 2 nitrogen and oxygen atoms in total. The third-order valence-corrected chi connectivity index (χ3v) is 4.64. The normalized spacial score (nSPS) is 10.7. The van der Waals surface area contributed by atoms with Crippen LogP contribution in [0.15, 0.2) is 42.5 Å². The fourth-order valence-electron chi connectivity index (χ4n) is 2.41. The van der Waals surface area contributed by atoms with Crippen molar-refractivity contribution in [2.24, 2.45) is 0 Å². The summed E-state index contributed by atoms with van der Waals surface area (Å²) in [6.45, 7) is 8.45. The van der Waals surface area contributed by atoms with Crippen LogP contribution in [0.2, 0.25) is 0 Å². The Morgan fingerprint density at radius 3 is 2.27 bits per heavy atom. The molecule has 0 bridgehead atoms. The van der Waals surface area contributed by atoms with Crippen molar-refractivity contribution in [1.29, 1.82) is 0 Å². The molecule has 0 atom stereocenters. The average molecular weight is 308 g/mol. The SMILES string of the molecule is Cc1ccc(-c2nc(Nc3cc(C)ccc3C)sc2C)cc1. The van der Waals surface area contributed by atoms with E-state index in [0.29, 0.717) is 0 Å². The zero-order valence-corrected chi connectivity index (χ0v) is 14.2. The van der Waals surface area contributed by atoms with E-state index in [1.807, 2.05) is 0 Å². The number of hydrogen-bond donors (Lipinski definition) is 1. The standard InChI is InChI=1S/C19H20N2S/c1-12-6-9-16(10-7-12)18-15(4)22-19(21-18)20-17-11-13(2)5-8-14(17)3/h5-11H,1-4H3,(H,20,21). The van der Waals surface area contributed by atoms with E-state index >= 15 is 0 Å². The molecule has 0 spiro atoms. The fourth-order valence-corrected chi connectivity index (χ4v) is 3.26. The third kappa shape index (κ3) is 3.04. The van der Waals surface area contributed by atoms with Crippen LogP contribution in [0.3, 0.4) is 0 Å². The first kappa shape index (κ1) is 14.8. The summed E-state index contributed by atoms with van der Waals surface area (Å²) in [5.41, 5.74) is 7.12.